The number of H-pyrrole nitrogens is 1. The van der Waals surface area contributed by atoms with Crippen LogP contribution in [0, 0.1) is 0 Å². The molecule has 33 heavy (non-hydrogen) atoms. The van der Waals surface area contributed by atoms with Gasteiger partial charge in [-0.2, -0.15) is 5.10 Å². The Balaban J connectivity index is 1.64. The summed E-state index contributed by atoms with van der Waals surface area (Å²) in [7, 11) is 1.56. The average molecular weight is 476 g/mol. The summed E-state index contributed by atoms with van der Waals surface area (Å²) in [5.41, 5.74) is 0.701. The van der Waals surface area contributed by atoms with Crippen LogP contribution in [0.1, 0.15) is 27.2 Å². The fourth-order valence-corrected chi connectivity index (χ4v) is 2.82. The summed E-state index contributed by atoms with van der Waals surface area (Å²) >= 11 is 5.77. The quantitative estimate of drug-likeness (QED) is 0.392. The molecule has 3 rings (SSSR count). The molecule has 0 aliphatic heterocycles. The summed E-state index contributed by atoms with van der Waals surface area (Å²) in [6.45, 7) is 6.15. The van der Waals surface area contributed by atoms with Crippen LogP contribution in [-0.4, -0.2) is 57.1 Å². The number of anilines is 2. The number of hydrogen-bond donors (Lipinski definition) is 3. The first-order valence-corrected chi connectivity index (χ1v) is 10.6. The number of aromatic nitrogens is 5. The number of carbonyl (C=O) groups is 1. The molecule has 3 heterocycles. The Hall–Kier alpha value is -3.60. The van der Waals surface area contributed by atoms with Crippen LogP contribution in [-0.2, 0) is 4.74 Å². The summed E-state index contributed by atoms with van der Waals surface area (Å²) < 4.78 is 16.6. The first kappa shape index (κ1) is 24.1. The molecule has 0 atom stereocenters. The number of methoxy groups -OCH3 is 1. The highest BCUT2D eigenvalue weighted by atomic mass is 35.5. The third-order valence-corrected chi connectivity index (χ3v) is 4.24. The van der Waals surface area contributed by atoms with E-state index >= 15 is 0 Å². The summed E-state index contributed by atoms with van der Waals surface area (Å²) in [5, 5.41) is 13.2. The molecule has 3 aromatic rings. The van der Waals surface area contributed by atoms with E-state index in [4.69, 9.17) is 25.8 Å². The minimum Gasteiger partial charge on any atom is -0.496 e. The van der Waals surface area contributed by atoms with Gasteiger partial charge in [-0.25, -0.2) is 19.7 Å². The van der Waals surface area contributed by atoms with E-state index < -0.39 is 11.7 Å². The van der Waals surface area contributed by atoms with Gasteiger partial charge in [0.2, 0.25) is 5.88 Å². The van der Waals surface area contributed by atoms with Crippen LogP contribution in [0.2, 0.25) is 5.15 Å². The second-order valence-electron chi connectivity index (χ2n) is 7.84. The van der Waals surface area contributed by atoms with Gasteiger partial charge in [0.05, 0.1) is 31.8 Å². The molecule has 1 amide bonds. The van der Waals surface area contributed by atoms with Crippen LogP contribution in [0.4, 0.5) is 16.4 Å². The maximum absolute atomic E-state index is 11.7. The van der Waals surface area contributed by atoms with E-state index in [1.807, 2.05) is 20.8 Å². The number of halogens is 1. The fraction of sp³-hybridized carbons (Fsp3) is 0.381. The number of nitrogens with zero attached hydrogens (tertiary/aromatic N) is 4. The number of carbonyl (C=O) groups excluding carboxylic acids is 1. The predicted molar refractivity (Wildman–Crippen MR) is 123 cm³/mol. The van der Waals surface area contributed by atoms with Gasteiger partial charge in [0.15, 0.2) is 5.82 Å². The molecule has 12 heteroatoms. The second-order valence-corrected chi connectivity index (χ2v) is 8.23. The molecule has 176 valence electrons. The molecule has 0 aliphatic carbocycles. The van der Waals surface area contributed by atoms with Gasteiger partial charge in [-0.05, 0) is 33.3 Å². The van der Waals surface area contributed by atoms with Crippen molar-refractivity contribution in [1.29, 1.82) is 0 Å². The van der Waals surface area contributed by atoms with E-state index in [0.717, 1.165) is 0 Å². The Kier molecular flexibility index (Phi) is 7.88. The number of ether oxygens (including phenoxy) is 3. The van der Waals surface area contributed by atoms with Crippen molar-refractivity contribution in [2.45, 2.75) is 32.8 Å². The minimum absolute atomic E-state index is 0.298. The van der Waals surface area contributed by atoms with Crippen LogP contribution in [0.5, 0.6) is 11.6 Å². The third kappa shape index (κ3) is 7.21. The number of hydrogen-bond acceptors (Lipinski definition) is 9. The molecule has 0 saturated heterocycles. The SMILES string of the molecule is COc1ccnc(OCCCNC(=O)OC(C)(C)C)c1-c1cc(Nc2cnc(Cl)cn2)n[nH]1. The van der Waals surface area contributed by atoms with Crippen LogP contribution < -0.4 is 20.1 Å². The largest absolute Gasteiger partial charge is 0.496 e. The van der Waals surface area contributed by atoms with E-state index in [2.05, 4.69) is 35.8 Å². The van der Waals surface area contributed by atoms with Gasteiger partial charge in [0.25, 0.3) is 0 Å². The topological polar surface area (TPSA) is 136 Å². The van der Waals surface area contributed by atoms with Crippen molar-refractivity contribution < 1.29 is 19.0 Å². The smallest absolute Gasteiger partial charge is 0.407 e. The Labute approximate surface area is 196 Å². The standard InChI is InChI=1S/C21H26ClN7O4/c1-21(2,3)33-20(30)24-7-5-9-32-19-18(14(31-4)6-8-23-19)13-10-16(29-28-13)27-17-12-25-15(22)11-26-17/h6,8,10-12H,5,7,9H2,1-4H3,(H,24,30)(H2,26,27,28,29). The zero-order chi connectivity index (χ0) is 23.8. The van der Waals surface area contributed by atoms with Crippen molar-refractivity contribution in [3.05, 3.63) is 35.9 Å². The van der Waals surface area contributed by atoms with E-state index in [-0.39, 0.29) is 0 Å². The lowest BCUT2D eigenvalue weighted by Gasteiger charge is -2.19. The molecular formula is C21H26ClN7O4. The molecule has 0 aromatic carbocycles. The maximum Gasteiger partial charge on any atom is 0.407 e. The van der Waals surface area contributed by atoms with Gasteiger partial charge in [0, 0.05) is 18.8 Å². The van der Waals surface area contributed by atoms with Crippen molar-refractivity contribution in [1.82, 2.24) is 30.5 Å². The summed E-state index contributed by atoms with van der Waals surface area (Å²) in [6.07, 6.45) is 4.62. The summed E-state index contributed by atoms with van der Waals surface area (Å²) in [5.74, 6) is 1.94. The van der Waals surface area contributed by atoms with Crippen LogP contribution in [0.3, 0.4) is 0 Å². The summed E-state index contributed by atoms with van der Waals surface area (Å²) in [6, 6.07) is 3.50. The van der Waals surface area contributed by atoms with Crippen molar-refractivity contribution in [3.8, 4) is 22.9 Å². The fourth-order valence-electron chi connectivity index (χ4n) is 2.72. The van der Waals surface area contributed by atoms with Crippen LogP contribution in [0.15, 0.2) is 30.7 Å². The van der Waals surface area contributed by atoms with Gasteiger partial charge in [-0.1, -0.05) is 11.6 Å². The molecule has 3 N–H and O–H groups in total. The van der Waals surface area contributed by atoms with Gasteiger partial charge in [0.1, 0.15) is 27.9 Å². The lowest BCUT2D eigenvalue weighted by Crippen LogP contribution is -2.33. The Morgan fingerprint density at radius 3 is 2.70 bits per heavy atom. The Bertz CT molecular complexity index is 1070. The van der Waals surface area contributed by atoms with Crippen molar-refractivity contribution in [2.24, 2.45) is 0 Å². The number of nitrogens with one attached hydrogen (secondary N) is 3. The maximum atomic E-state index is 11.7. The number of amides is 1. The first-order chi connectivity index (χ1) is 15.7. The van der Waals surface area contributed by atoms with Crippen molar-refractivity contribution in [2.75, 3.05) is 25.6 Å². The van der Waals surface area contributed by atoms with E-state index in [1.54, 1.807) is 25.4 Å². The predicted octanol–water partition coefficient (Wildman–Crippen LogP) is 3.96. The van der Waals surface area contributed by atoms with E-state index in [9.17, 15) is 4.79 Å². The highest BCUT2D eigenvalue weighted by Crippen LogP contribution is 2.36. The average Bonchev–Trinajstić information content (AvgIpc) is 3.21. The molecule has 3 aromatic heterocycles. The van der Waals surface area contributed by atoms with Gasteiger partial charge in [-0.15, -0.1) is 0 Å². The molecule has 0 unspecified atom stereocenters. The van der Waals surface area contributed by atoms with Gasteiger partial charge in [-0.3, -0.25) is 5.10 Å². The molecule has 0 aliphatic rings. The highest BCUT2D eigenvalue weighted by Gasteiger charge is 2.18. The van der Waals surface area contributed by atoms with Gasteiger partial charge >= 0.3 is 6.09 Å². The molecule has 11 nitrogen and oxygen atoms in total. The Morgan fingerprint density at radius 2 is 2.00 bits per heavy atom. The number of rotatable bonds is 9. The van der Waals surface area contributed by atoms with Crippen LogP contribution >= 0.6 is 11.6 Å². The van der Waals surface area contributed by atoms with E-state index in [1.165, 1.54) is 12.4 Å². The lowest BCUT2D eigenvalue weighted by atomic mass is 10.2. The Morgan fingerprint density at radius 1 is 1.18 bits per heavy atom. The zero-order valence-corrected chi connectivity index (χ0v) is 19.6. The molecule has 0 radical (unpaired) electrons. The van der Waals surface area contributed by atoms with Gasteiger partial charge < -0.3 is 24.8 Å². The zero-order valence-electron chi connectivity index (χ0n) is 18.8. The molecule has 0 saturated carbocycles. The minimum atomic E-state index is -0.544. The third-order valence-electron chi connectivity index (χ3n) is 4.05. The molecular weight excluding hydrogens is 450 g/mol. The lowest BCUT2D eigenvalue weighted by molar-refractivity contribution is 0.0525. The van der Waals surface area contributed by atoms with E-state index in [0.29, 0.717) is 59.2 Å². The highest BCUT2D eigenvalue weighted by molar-refractivity contribution is 6.29. The number of aromatic amines is 1. The first-order valence-electron chi connectivity index (χ1n) is 10.2. The summed E-state index contributed by atoms with van der Waals surface area (Å²) in [4.78, 5) is 24.2. The molecule has 0 bridgehead atoms. The van der Waals surface area contributed by atoms with Crippen molar-refractivity contribution >= 4 is 29.3 Å². The monoisotopic (exact) mass is 475 g/mol. The van der Waals surface area contributed by atoms with Crippen LogP contribution in [0.25, 0.3) is 11.3 Å². The number of alkyl carbamates (subject to hydrolysis) is 1. The number of pyridine rings is 1. The molecule has 0 spiro atoms. The van der Waals surface area contributed by atoms with Crippen molar-refractivity contribution in [3.63, 3.8) is 0 Å². The normalized spacial score (nSPS) is 11.1. The second kappa shape index (κ2) is 10.8. The molecule has 0 fully saturated rings.